The molecule has 20 heavy (non-hydrogen) atoms. The summed E-state index contributed by atoms with van der Waals surface area (Å²) in [4.78, 5) is 0. The van der Waals surface area contributed by atoms with Gasteiger partial charge in [0.1, 0.15) is 0 Å². The largest absolute Gasteiger partial charge is 0.313 e. The molecular formula is C19H25N. The molecule has 2 aromatic rings. The van der Waals surface area contributed by atoms with Crippen molar-refractivity contribution >= 4 is 0 Å². The number of rotatable bonds is 5. The van der Waals surface area contributed by atoms with Gasteiger partial charge in [0.05, 0.1) is 0 Å². The van der Waals surface area contributed by atoms with E-state index in [1.54, 1.807) is 0 Å². The van der Waals surface area contributed by atoms with Crippen molar-refractivity contribution in [1.82, 2.24) is 5.32 Å². The van der Waals surface area contributed by atoms with E-state index < -0.39 is 0 Å². The Morgan fingerprint density at radius 1 is 0.850 bits per heavy atom. The predicted octanol–water partition coefficient (Wildman–Crippen LogP) is 4.76. The summed E-state index contributed by atoms with van der Waals surface area (Å²) in [7, 11) is 2.00. The molecule has 1 unspecified atom stereocenters. The second-order valence-electron chi connectivity index (χ2n) is 5.32. The summed E-state index contributed by atoms with van der Waals surface area (Å²) in [6, 6.07) is 16.2. The highest BCUT2D eigenvalue weighted by Crippen LogP contribution is 2.25. The van der Waals surface area contributed by atoms with Crippen LogP contribution in [0, 0.1) is 0 Å². The summed E-state index contributed by atoms with van der Waals surface area (Å²) in [5, 5.41) is 3.27. The van der Waals surface area contributed by atoms with Crippen LogP contribution in [0.3, 0.4) is 0 Å². The number of hydrogen-bond donors (Lipinski definition) is 1. The maximum absolute atomic E-state index is 3.27. The monoisotopic (exact) mass is 267 g/mol. The maximum Gasteiger partial charge on any atom is 0.0289 e. The van der Waals surface area contributed by atoms with Crippen molar-refractivity contribution in [2.75, 3.05) is 7.05 Å². The number of hydrogen-bond acceptors (Lipinski definition) is 1. The molecule has 0 spiro atoms. The van der Waals surface area contributed by atoms with Crippen LogP contribution in [0.25, 0.3) is 11.1 Å². The Kier molecular flexibility index (Phi) is 4.97. The minimum Gasteiger partial charge on any atom is -0.313 e. The molecule has 0 bridgehead atoms. The van der Waals surface area contributed by atoms with E-state index in [-0.39, 0.29) is 0 Å². The standard InChI is InChI=1S/C19H25N/c1-5-15-7-12-19(13-16(15)6-2)18-10-8-17(9-11-18)14(3)20-4/h7-14,20H,5-6H2,1-4H3. The van der Waals surface area contributed by atoms with Crippen LogP contribution in [0.1, 0.15) is 43.5 Å². The molecule has 0 fully saturated rings. The third kappa shape index (κ3) is 3.10. The Hall–Kier alpha value is -1.60. The highest BCUT2D eigenvalue weighted by atomic mass is 14.8. The van der Waals surface area contributed by atoms with E-state index in [4.69, 9.17) is 0 Å². The Labute approximate surface area is 123 Å². The number of aryl methyl sites for hydroxylation is 2. The third-order valence-corrected chi connectivity index (χ3v) is 4.15. The smallest absolute Gasteiger partial charge is 0.0289 e. The Morgan fingerprint density at radius 2 is 1.45 bits per heavy atom. The zero-order chi connectivity index (χ0) is 14.5. The number of benzene rings is 2. The van der Waals surface area contributed by atoms with Crippen molar-refractivity contribution in [3.63, 3.8) is 0 Å². The van der Waals surface area contributed by atoms with Crippen LogP contribution >= 0.6 is 0 Å². The molecule has 1 heteroatoms. The van der Waals surface area contributed by atoms with E-state index in [1.165, 1.54) is 27.8 Å². The van der Waals surface area contributed by atoms with Gasteiger partial charge in [-0.3, -0.25) is 0 Å². The zero-order valence-corrected chi connectivity index (χ0v) is 13.0. The fourth-order valence-corrected chi connectivity index (χ4v) is 2.61. The molecule has 0 aliphatic rings. The van der Waals surface area contributed by atoms with Gasteiger partial charge in [-0.2, -0.15) is 0 Å². The molecular weight excluding hydrogens is 242 g/mol. The summed E-state index contributed by atoms with van der Waals surface area (Å²) in [6.07, 6.45) is 2.22. The van der Waals surface area contributed by atoms with Gasteiger partial charge in [0, 0.05) is 6.04 Å². The Balaban J connectivity index is 2.32. The highest BCUT2D eigenvalue weighted by molar-refractivity contribution is 5.65. The molecule has 0 aliphatic heterocycles. The van der Waals surface area contributed by atoms with E-state index in [1.807, 2.05) is 7.05 Å². The lowest BCUT2D eigenvalue weighted by molar-refractivity contribution is 0.652. The Morgan fingerprint density at radius 3 is 2.00 bits per heavy atom. The molecule has 2 rings (SSSR count). The maximum atomic E-state index is 3.27. The van der Waals surface area contributed by atoms with Gasteiger partial charge in [-0.25, -0.2) is 0 Å². The molecule has 0 heterocycles. The summed E-state index contributed by atoms with van der Waals surface area (Å²) < 4.78 is 0. The van der Waals surface area contributed by atoms with Crippen LogP contribution in [-0.2, 0) is 12.8 Å². The minimum atomic E-state index is 0.401. The van der Waals surface area contributed by atoms with E-state index >= 15 is 0 Å². The summed E-state index contributed by atoms with van der Waals surface area (Å²) in [5.41, 5.74) is 6.89. The van der Waals surface area contributed by atoms with Gasteiger partial charge in [0.25, 0.3) is 0 Å². The van der Waals surface area contributed by atoms with Crippen LogP contribution in [0.4, 0.5) is 0 Å². The van der Waals surface area contributed by atoms with Gasteiger partial charge in [0.15, 0.2) is 0 Å². The average Bonchev–Trinajstić information content (AvgIpc) is 2.53. The molecule has 1 atom stereocenters. The average molecular weight is 267 g/mol. The van der Waals surface area contributed by atoms with E-state index in [0.717, 1.165) is 12.8 Å². The van der Waals surface area contributed by atoms with E-state index in [0.29, 0.717) is 6.04 Å². The first-order chi connectivity index (χ1) is 9.69. The first-order valence-corrected chi connectivity index (χ1v) is 7.59. The lowest BCUT2D eigenvalue weighted by Gasteiger charge is -2.12. The molecule has 0 aliphatic carbocycles. The van der Waals surface area contributed by atoms with Crippen molar-refractivity contribution in [1.29, 1.82) is 0 Å². The second kappa shape index (κ2) is 6.71. The molecule has 0 saturated heterocycles. The van der Waals surface area contributed by atoms with Crippen LogP contribution in [0.5, 0.6) is 0 Å². The third-order valence-electron chi connectivity index (χ3n) is 4.15. The Bertz CT molecular complexity index is 554. The molecule has 2 aromatic carbocycles. The fourth-order valence-electron chi connectivity index (χ4n) is 2.61. The lowest BCUT2D eigenvalue weighted by atomic mass is 9.95. The molecule has 1 nitrogen and oxygen atoms in total. The molecule has 0 radical (unpaired) electrons. The van der Waals surface area contributed by atoms with Crippen LogP contribution in [-0.4, -0.2) is 7.05 Å². The lowest BCUT2D eigenvalue weighted by Crippen LogP contribution is -2.11. The molecule has 0 saturated carbocycles. The van der Waals surface area contributed by atoms with Gasteiger partial charge in [0.2, 0.25) is 0 Å². The normalized spacial score (nSPS) is 12.4. The summed E-state index contributed by atoms with van der Waals surface area (Å²) in [6.45, 7) is 6.64. The molecule has 0 amide bonds. The van der Waals surface area contributed by atoms with Gasteiger partial charge in [-0.15, -0.1) is 0 Å². The SMILES string of the molecule is CCc1ccc(-c2ccc(C(C)NC)cc2)cc1CC. The van der Waals surface area contributed by atoms with Crippen LogP contribution in [0.2, 0.25) is 0 Å². The van der Waals surface area contributed by atoms with Gasteiger partial charge in [-0.1, -0.05) is 56.3 Å². The van der Waals surface area contributed by atoms with E-state index in [2.05, 4.69) is 68.6 Å². The molecule has 0 aromatic heterocycles. The van der Waals surface area contributed by atoms with Crippen molar-refractivity contribution < 1.29 is 0 Å². The van der Waals surface area contributed by atoms with Crippen molar-refractivity contribution in [3.8, 4) is 11.1 Å². The highest BCUT2D eigenvalue weighted by Gasteiger charge is 2.05. The first-order valence-electron chi connectivity index (χ1n) is 7.59. The van der Waals surface area contributed by atoms with Gasteiger partial charge in [-0.05, 0) is 54.6 Å². The summed E-state index contributed by atoms with van der Waals surface area (Å²) >= 11 is 0. The minimum absolute atomic E-state index is 0.401. The number of nitrogens with one attached hydrogen (secondary N) is 1. The van der Waals surface area contributed by atoms with Crippen LogP contribution < -0.4 is 5.32 Å². The quantitative estimate of drug-likeness (QED) is 0.823. The first kappa shape index (κ1) is 14.8. The molecule has 1 N–H and O–H groups in total. The molecule has 106 valence electrons. The second-order valence-corrected chi connectivity index (χ2v) is 5.32. The topological polar surface area (TPSA) is 12.0 Å². The van der Waals surface area contributed by atoms with E-state index in [9.17, 15) is 0 Å². The predicted molar refractivity (Wildman–Crippen MR) is 88.1 cm³/mol. The summed E-state index contributed by atoms with van der Waals surface area (Å²) in [5.74, 6) is 0. The van der Waals surface area contributed by atoms with Crippen molar-refractivity contribution in [2.45, 2.75) is 39.7 Å². The van der Waals surface area contributed by atoms with Gasteiger partial charge < -0.3 is 5.32 Å². The zero-order valence-electron chi connectivity index (χ0n) is 13.0. The fraction of sp³-hybridized carbons (Fsp3) is 0.368. The van der Waals surface area contributed by atoms with Crippen LogP contribution in [0.15, 0.2) is 42.5 Å². The van der Waals surface area contributed by atoms with Crippen molar-refractivity contribution in [3.05, 3.63) is 59.2 Å². The van der Waals surface area contributed by atoms with Crippen molar-refractivity contribution in [2.24, 2.45) is 0 Å². The van der Waals surface area contributed by atoms with Gasteiger partial charge >= 0.3 is 0 Å².